The molecule has 76 valence electrons. The maximum absolute atomic E-state index is 11.8. The molecule has 0 aliphatic carbocycles. The van der Waals surface area contributed by atoms with E-state index in [-0.39, 0.29) is 11.6 Å². The monoisotopic (exact) mass is 210 g/mol. The Labute approximate surface area is 87.9 Å². The first kappa shape index (κ1) is 11.1. The van der Waals surface area contributed by atoms with E-state index in [1.54, 1.807) is 13.0 Å². The first-order chi connectivity index (χ1) is 6.70. The van der Waals surface area contributed by atoms with Crippen molar-refractivity contribution >= 4 is 22.9 Å². The maximum atomic E-state index is 11.8. The zero-order valence-electron chi connectivity index (χ0n) is 8.45. The summed E-state index contributed by atoms with van der Waals surface area (Å²) in [5, 5.41) is 1.86. The fraction of sp³-hybridized carbons (Fsp3) is 0.455. The van der Waals surface area contributed by atoms with Crippen LogP contribution in [0.25, 0.3) is 0 Å². The first-order valence-corrected chi connectivity index (χ1v) is 5.69. The first-order valence-electron chi connectivity index (χ1n) is 4.81. The summed E-state index contributed by atoms with van der Waals surface area (Å²) in [6, 6.07) is 3.61. The van der Waals surface area contributed by atoms with Crippen LogP contribution in [0.1, 0.15) is 36.4 Å². The predicted molar refractivity (Wildman–Crippen MR) is 57.7 cm³/mol. The molecular weight excluding hydrogens is 196 g/mol. The van der Waals surface area contributed by atoms with Crippen LogP contribution in [-0.2, 0) is 4.79 Å². The van der Waals surface area contributed by atoms with Crippen LogP contribution in [0, 0.1) is 5.92 Å². The molecule has 0 saturated heterocycles. The molecule has 0 aliphatic rings. The lowest BCUT2D eigenvalue weighted by Crippen LogP contribution is -2.22. The summed E-state index contributed by atoms with van der Waals surface area (Å²) in [5.74, 6) is -0.404. The standard InChI is InChI=1S/C11H14O2S/c1-3-8(9(12)4-2)11(13)10-6-5-7-14-10/h5-8H,3-4H2,1-2H3. The Kier molecular flexibility index (Phi) is 4.01. The van der Waals surface area contributed by atoms with Crippen molar-refractivity contribution in [3.63, 3.8) is 0 Å². The van der Waals surface area contributed by atoms with Crippen LogP contribution < -0.4 is 0 Å². The molecule has 0 bridgehead atoms. The summed E-state index contributed by atoms with van der Waals surface area (Å²) in [6.07, 6.45) is 1.04. The van der Waals surface area contributed by atoms with Gasteiger partial charge in [-0.05, 0) is 17.9 Å². The Hall–Kier alpha value is -0.960. The molecule has 0 saturated carbocycles. The number of Topliss-reactive ketones (excluding diaryl/α,β-unsaturated/α-hetero) is 2. The Morgan fingerprint density at radius 1 is 1.43 bits per heavy atom. The smallest absolute Gasteiger partial charge is 0.183 e. The van der Waals surface area contributed by atoms with Gasteiger partial charge in [0.1, 0.15) is 5.78 Å². The van der Waals surface area contributed by atoms with Gasteiger partial charge in [-0.25, -0.2) is 0 Å². The predicted octanol–water partition coefficient (Wildman–Crippen LogP) is 2.94. The number of carbonyl (C=O) groups is 2. The second kappa shape index (κ2) is 5.05. The van der Waals surface area contributed by atoms with Gasteiger partial charge in [-0.15, -0.1) is 11.3 Å². The van der Waals surface area contributed by atoms with Crippen molar-refractivity contribution in [1.82, 2.24) is 0 Å². The van der Waals surface area contributed by atoms with Crippen LogP contribution in [0.3, 0.4) is 0 Å². The van der Waals surface area contributed by atoms with Gasteiger partial charge >= 0.3 is 0 Å². The molecule has 0 N–H and O–H groups in total. The highest BCUT2D eigenvalue weighted by molar-refractivity contribution is 7.12. The van der Waals surface area contributed by atoms with Gasteiger partial charge in [0, 0.05) is 6.42 Å². The van der Waals surface area contributed by atoms with E-state index in [4.69, 9.17) is 0 Å². The summed E-state index contributed by atoms with van der Waals surface area (Å²) in [7, 11) is 0. The lowest BCUT2D eigenvalue weighted by Gasteiger charge is -2.09. The molecule has 1 unspecified atom stereocenters. The number of thiophene rings is 1. The Morgan fingerprint density at radius 3 is 2.57 bits per heavy atom. The SMILES string of the molecule is CCC(=O)C(CC)C(=O)c1cccs1. The van der Waals surface area contributed by atoms with Gasteiger partial charge in [0.05, 0.1) is 10.8 Å². The molecule has 0 aliphatic heterocycles. The Morgan fingerprint density at radius 2 is 2.14 bits per heavy atom. The van der Waals surface area contributed by atoms with Gasteiger partial charge in [-0.1, -0.05) is 19.9 Å². The topological polar surface area (TPSA) is 34.1 Å². The van der Waals surface area contributed by atoms with Crippen LogP contribution in [0.4, 0.5) is 0 Å². The molecule has 1 heterocycles. The molecule has 1 aromatic rings. The zero-order chi connectivity index (χ0) is 10.6. The van der Waals surface area contributed by atoms with Gasteiger partial charge in [0.2, 0.25) is 0 Å². The molecule has 0 amide bonds. The zero-order valence-corrected chi connectivity index (χ0v) is 9.26. The minimum Gasteiger partial charge on any atom is -0.299 e. The number of rotatable bonds is 5. The summed E-state index contributed by atoms with van der Waals surface area (Å²) in [4.78, 5) is 24.0. The van der Waals surface area contributed by atoms with Gasteiger partial charge in [-0.2, -0.15) is 0 Å². The molecule has 0 fully saturated rings. The van der Waals surface area contributed by atoms with Crippen molar-refractivity contribution in [3.8, 4) is 0 Å². The van der Waals surface area contributed by atoms with Gasteiger partial charge in [-0.3, -0.25) is 9.59 Å². The molecule has 1 rings (SSSR count). The minimum atomic E-state index is -0.432. The molecule has 2 nitrogen and oxygen atoms in total. The highest BCUT2D eigenvalue weighted by Gasteiger charge is 2.24. The lowest BCUT2D eigenvalue weighted by molar-refractivity contribution is -0.121. The largest absolute Gasteiger partial charge is 0.299 e. The van der Waals surface area contributed by atoms with E-state index in [1.807, 2.05) is 18.4 Å². The van der Waals surface area contributed by atoms with E-state index in [9.17, 15) is 9.59 Å². The average molecular weight is 210 g/mol. The Balaban J connectivity index is 2.81. The Bertz CT molecular complexity index is 314. The fourth-order valence-corrected chi connectivity index (χ4v) is 2.12. The van der Waals surface area contributed by atoms with E-state index in [1.165, 1.54) is 11.3 Å². The average Bonchev–Trinajstić information content (AvgIpc) is 2.71. The molecule has 14 heavy (non-hydrogen) atoms. The molecule has 0 spiro atoms. The normalized spacial score (nSPS) is 12.4. The number of hydrogen-bond donors (Lipinski definition) is 0. The van der Waals surface area contributed by atoms with E-state index < -0.39 is 5.92 Å². The molecular formula is C11H14O2S. The van der Waals surface area contributed by atoms with Gasteiger partial charge in [0.15, 0.2) is 5.78 Å². The molecule has 1 aromatic heterocycles. The van der Waals surface area contributed by atoms with E-state index >= 15 is 0 Å². The lowest BCUT2D eigenvalue weighted by atomic mass is 9.94. The highest BCUT2D eigenvalue weighted by atomic mass is 32.1. The van der Waals surface area contributed by atoms with Crippen LogP contribution in [0.5, 0.6) is 0 Å². The van der Waals surface area contributed by atoms with Crippen molar-refractivity contribution in [2.45, 2.75) is 26.7 Å². The second-order valence-electron chi connectivity index (χ2n) is 3.12. The molecule has 1 atom stereocenters. The van der Waals surface area contributed by atoms with E-state index in [2.05, 4.69) is 0 Å². The minimum absolute atomic E-state index is 0.0191. The molecule has 0 radical (unpaired) electrons. The third-order valence-electron chi connectivity index (χ3n) is 2.23. The van der Waals surface area contributed by atoms with Gasteiger partial charge in [0.25, 0.3) is 0 Å². The third kappa shape index (κ3) is 2.29. The summed E-state index contributed by atoms with van der Waals surface area (Å²) in [6.45, 7) is 3.68. The number of ketones is 2. The number of carbonyl (C=O) groups excluding carboxylic acids is 2. The molecule has 3 heteroatoms. The van der Waals surface area contributed by atoms with Crippen molar-refractivity contribution in [2.75, 3.05) is 0 Å². The quantitative estimate of drug-likeness (QED) is 0.553. The third-order valence-corrected chi connectivity index (χ3v) is 3.11. The van der Waals surface area contributed by atoms with Crippen molar-refractivity contribution < 1.29 is 9.59 Å². The highest BCUT2D eigenvalue weighted by Crippen LogP contribution is 2.18. The molecule has 0 aromatic carbocycles. The number of hydrogen-bond acceptors (Lipinski definition) is 3. The summed E-state index contributed by atoms with van der Waals surface area (Å²) in [5.41, 5.74) is 0. The summed E-state index contributed by atoms with van der Waals surface area (Å²) < 4.78 is 0. The van der Waals surface area contributed by atoms with Crippen molar-refractivity contribution in [3.05, 3.63) is 22.4 Å². The van der Waals surface area contributed by atoms with E-state index in [0.29, 0.717) is 17.7 Å². The van der Waals surface area contributed by atoms with Crippen LogP contribution >= 0.6 is 11.3 Å². The van der Waals surface area contributed by atoms with Gasteiger partial charge < -0.3 is 0 Å². The fourth-order valence-electron chi connectivity index (χ4n) is 1.40. The van der Waals surface area contributed by atoms with E-state index in [0.717, 1.165) is 0 Å². The summed E-state index contributed by atoms with van der Waals surface area (Å²) >= 11 is 1.40. The van der Waals surface area contributed by atoms with Crippen LogP contribution in [0.2, 0.25) is 0 Å². The van der Waals surface area contributed by atoms with Crippen molar-refractivity contribution in [2.24, 2.45) is 5.92 Å². The van der Waals surface area contributed by atoms with Crippen molar-refractivity contribution in [1.29, 1.82) is 0 Å². The van der Waals surface area contributed by atoms with Crippen LogP contribution in [-0.4, -0.2) is 11.6 Å². The second-order valence-corrected chi connectivity index (χ2v) is 4.07. The van der Waals surface area contributed by atoms with Crippen LogP contribution in [0.15, 0.2) is 17.5 Å². The maximum Gasteiger partial charge on any atom is 0.183 e.